The van der Waals surface area contributed by atoms with Crippen molar-refractivity contribution < 1.29 is 24.2 Å². The fraction of sp³-hybridized carbons (Fsp3) is 0.258. The summed E-state index contributed by atoms with van der Waals surface area (Å²) in [6.45, 7) is 13.3. The second-order valence-corrected chi connectivity index (χ2v) is 10.0. The van der Waals surface area contributed by atoms with Gasteiger partial charge in [0.1, 0.15) is 17.9 Å². The molecule has 2 N–H and O–H groups in total. The van der Waals surface area contributed by atoms with E-state index in [9.17, 15) is 19.5 Å². The van der Waals surface area contributed by atoms with Crippen LogP contribution < -0.4 is 15.0 Å². The van der Waals surface area contributed by atoms with Crippen molar-refractivity contribution in [3.63, 3.8) is 0 Å². The van der Waals surface area contributed by atoms with Crippen molar-refractivity contribution in [3.05, 3.63) is 89.4 Å². The molecule has 0 spiro atoms. The van der Waals surface area contributed by atoms with Crippen LogP contribution >= 0.6 is 0 Å². The normalized spacial score (nSPS) is 17.2. The third-order valence-electron chi connectivity index (χ3n) is 7.43. The fourth-order valence-electron chi connectivity index (χ4n) is 4.89. The number of carbonyl (C=O) groups excluding carboxylic acids is 2. The number of anilines is 1. The van der Waals surface area contributed by atoms with E-state index >= 15 is 0 Å². The van der Waals surface area contributed by atoms with Gasteiger partial charge in [-0.05, 0) is 55.3 Å². The Balaban J connectivity index is 1.55. The number of carbonyl (C=O) groups is 3. The van der Waals surface area contributed by atoms with E-state index < -0.39 is 18.1 Å². The highest BCUT2D eigenvalue weighted by Gasteiger charge is 2.38. The van der Waals surface area contributed by atoms with E-state index in [1.165, 1.54) is 12.1 Å². The molecule has 0 fully saturated rings. The number of ether oxygens (including phenoxy) is 1. The summed E-state index contributed by atoms with van der Waals surface area (Å²) in [6.07, 6.45) is 1.71. The molecule has 1 aliphatic rings. The fourth-order valence-corrected chi connectivity index (χ4v) is 4.89. The number of aromatic carboxylic acids is 1. The van der Waals surface area contributed by atoms with E-state index in [1.54, 1.807) is 34.8 Å². The molecule has 208 valence electrons. The standard InChI is InChI=1S/C31H29N5O5/c1-5-18(2)29(37)34-28-19(3)41-27-12-7-6-10-26(27)35(30(28)38)17-21-9-8-11-24-22(21)16-33-36(24)25-14-13-20(31(39)40)15-23(25)32-4/h6-16,18-19,28H,5,17H2,1-3H3,(H,34,37)(H,39,40)/t18-,19+,28+/m1/s1. The molecule has 41 heavy (non-hydrogen) atoms. The molecular weight excluding hydrogens is 522 g/mol. The van der Waals surface area contributed by atoms with Gasteiger partial charge < -0.3 is 20.1 Å². The molecule has 0 unspecified atom stereocenters. The molecule has 10 nitrogen and oxygen atoms in total. The smallest absolute Gasteiger partial charge is 0.334 e. The molecule has 3 aromatic carbocycles. The number of carboxylic acids is 1. The average molecular weight is 552 g/mol. The molecule has 1 aliphatic heterocycles. The van der Waals surface area contributed by atoms with Gasteiger partial charge in [-0.25, -0.2) is 14.3 Å². The summed E-state index contributed by atoms with van der Waals surface area (Å²) in [6, 6.07) is 16.3. The Labute approximate surface area is 237 Å². The molecule has 0 radical (unpaired) electrons. The Bertz CT molecular complexity index is 1700. The summed E-state index contributed by atoms with van der Waals surface area (Å²) in [4.78, 5) is 43.4. The lowest BCUT2D eigenvalue weighted by molar-refractivity contribution is -0.131. The van der Waals surface area contributed by atoms with Crippen molar-refractivity contribution in [2.45, 2.75) is 45.9 Å². The molecule has 0 saturated heterocycles. The van der Waals surface area contributed by atoms with Crippen molar-refractivity contribution in [1.82, 2.24) is 15.1 Å². The van der Waals surface area contributed by atoms with Gasteiger partial charge in [-0.3, -0.25) is 9.59 Å². The molecular formula is C31H29N5O5. The van der Waals surface area contributed by atoms with Crippen molar-refractivity contribution in [1.29, 1.82) is 0 Å². The van der Waals surface area contributed by atoms with Gasteiger partial charge in [-0.1, -0.05) is 38.1 Å². The van der Waals surface area contributed by atoms with Crippen LogP contribution in [0.3, 0.4) is 0 Å². The maximum atomic E-state index is 14.0. The van der Waals surface area contributed by atoms with Gasteiger partial charge in [0, 0.05) is 16.9 Å². The summed E-state index contributed by atoms with van der Waals surface area (Å²) in [7, 11) is 0. The first kappa shape index (κ1) is 27.4. The van der Waals surface area contributed by atoms with Crippen molar-refractivity contribution in [2.24, 2.45) is 5.92 Å². The third-order valence-corrected chi connectivity index (χ3v) is 7.43. The molecule has 2 heterocycles. The zero-order valence-corrected chi connectivity index (χ0v) is 22.9. The summed E-state index contributed by atoms with van der Waals surface area (Å²) in [5.74, 6) is -1.33. The Kier molecular flexibility index (Phi) is 7.44. The highest BCUT2D eigenvalue weighted by Crippen LogP contribution is 2.36. The molecule has 1 aromatic heterocycles. The number of amides is 2. The van der Waals surface area contributed by atoms with Crippen LogP contribution in [0.5, 0.6) is 5.75 Å². The quantitative estimate of drug-likeness (QED) is 0.308. The monoisotopic (exact) mass is 551 g/mol. The van der Waals surface area contributed by atoms with Crippen LogP contribution in [0.1, 0.15) is 43.1 Å². The minimum Gasteiger partial charge on any atom is -0.486 e. The van der Waals surface area contributed by atoms with Gasteiger partial charge in [0.15, 0.2) is 0 Å². The highest BCUT2D eigenvalue weighted by atomic mass is 16.5. The first-order chi connectivity index (χ1) is 19.7. The summed E-state index contributed by atoms with van der Waals surface area (Å²) in [5, 5.41) is 17.5. The van der Waals surface area contributed by atoms with E-state index in [2.05, 4.69) is 15.3 Å². The summed E-state index contributed by atoms with van der Waals surface area (Å²) >= 11 is 0. The largest absolute Gasteiger partial charge is 0.486 e. The number of nitrogens with one attached hydrogen (secondary N) is 1. The SMILES string of the molecule is [C-]#[N+]c1cc(C(=O)O)ccc1-n1ncc2c(CN3C(=O)[C@@H](NC(=O)[C@H](C)CC)[C@H](C)Oc4ccccc43)cccc21. The van der Waals surface area contributed by atoms with E-state index in [1.807, 2.05) is 50.2 Å². The Morgan fingerprint density at radius 1 is 1.15 bits per heavy atom. The van der Waals surface area contributed by atoms with Gasteiger partial charge in [0.2, 0.25) is 11.6 Å². The molecule has 2 amide bonds. The van der Waals surface area contributed by atoms with Crippen molar-refractivity contribution in [3.8, 4) is 11.4 Å². The minimum atomic E-state index is -1.12. The molecule has 0 saturated carbocycles. The van der Waals surface area contributed by atoms with Gasteiger partial charge >= 0.3 is 5.97 Å². The van der Waals surface area contributed by atoms with Crippen LogP contribution in [0.4, 0.5) is 11.4 Å². The van der Waals surface area contributed by atoms with E-state index in [-0.39, 0.29) is 35.5 Å². The van der Waals surface area contributed by atoms with Crippen LogP contribution in [0, 0.1) is 12.5 Å². The van der Waals surface area contributed by atoms with Gasteiger partial charge in [-0.15, -0.1) is 0 Å². The van der Waals surface area contributed by atoms with E-state index in [0.29, 0.717) is 29.1 Å². The number of hydrogen-bond acceptors (Lipinski definition) is 5. The lowest BCUT2D eigenvalue weighted by atomic mass is 10.0. The number of para-hydroxylation sites is 2. The number of nitrogens with zero attached hydrogens (tertiary/aromatic N) is 4. The predicted octanol–water partition coefficient (Wildman–Crippen LogP) is 5.12. The predicted molar refractivity (Wildman–Crippen MR) is 153 cm³/mol. The molecule has 3 atom stereocenters. The second-order valence-electron chi connectivity index (χ2n) is 10.0. The number of carboxylic acid groups (broad SMARTS) is 1. The zero-order valence-electron chi connectivity index (χ0n) is 22.9. The van der Waals surface area contributed by atoms with Crippen LogP contribution in [0.25, 0.3) is 21.4 Å². The maximum absolute atomic E-state index is 14.0. The topological polar surface area (TPSA) is 118 Å². The van der Waals surface area contributed by atoms with E-state index in [0.717, 1.165) is 10.9 Å². The van der Waals surface area contributed by atoms with Crippen LogP contribution in [0.2, 0.25) is 0 Å². The van der Waals surface area contributed by atoms with Gasteiger partial charge in [0.25, 0.3) is 5.91 Å². The van der Waals surface area contributed by atoms with Crippen molar-refractivity contribution in [2.75, 3.05) is 4.90 Å². The zero-order chi connectivity index (χ0) is 29.3. The minimum absolute atomic E-state index is 0.0154. The van der Waals surface area contributed by atoms with Gasteiger partial charge in [-0.2, -0.15) is 5.10 Å². The lowest BCUT2D eigenvalue weighted by Crippen LogP contribution is -2.54. The summed E-state index contributed by atoms with van der Waals surface area (Å²) < 4.78 is 7.75. The molecule has 4 aromatic rings. The Hall–Kier alpha value is -5.17. The first-order valence-electron chi connectivity index (χ1n) is 13.3. The van der Waals surface area contributed by atoms with Gasteiger partial charge in [0.05, 0.1) is 36.2 Å². The number of rotatable bonds is 7. The first-order valence-corrected chi connectivity index (χ1v) is 13.3. The third kappa shape index (κ3) is 5.10. The van der Waals surface area contributed by atoms with Crippen LogP contribution in [0.15, 0.2) is 66.9 Å². The Morgan fingerprint density at radius 2 is 1.93 bits per heavy atom. The maximum Gasteiger partial charge on any atom is 0.334 e. The molecule has 5 rings (SSSR count). The number of hydrogen-bond donors (Lipinski definition) is 2. The highest BCUT2D eigenvalue weighted by molar-refractivity contribution is 6.02. The number of benzene rings is 3. The van der Waals surface area contributed by atoms with Crippen molar-refractivity contribution >= 4 is 40.1 Å². The second kappa shape index (κ2) is 11.1. The number of aromatic nitrogens is 2. The molecule has 0 bridgehead atoms. The summed E-state index contributed by atoms with van der Waals surface area (Å²) in [5.41, 5.74) is 2.70. The van der Waals surface area contributed by atoms with Crippen LogP contribution in [-0.2, 0) is 16.1 Å². The van der Waals surface area contributed by atoms with E-state index in [4.69, 9.17) is 11.3 Å². The average Bonchev–Trinajstić information content (AvgIpc) is 3.38. The molecule has 10 heteroatoms. The number of fused-ring (bicyclic) bond motifs is 2. The Morgan fingerprint density at radius 3 is 2.66 bits per heavy atom. The lowest BCUT2D eigenvalue weighted by Gasteiger charge is -2.27. The molecule has 0 aliphatic carbocycles. The van der Waals surface area contributed by atoms with Crippen LogP contribution in [-0.4, -0.2) is 44.8 Å².